The molecule has 1 aromatic carbocycles. The number of hydrogen-bond donors (Lipinski definition) is 3. The molecule has 1 amide bonds. The van der Waals surface area contributed by atoms with Crippen molar-refractivity contribution in [3.05, 3.63) is 63.7 Å². The molecule has 0 saturated heterocycles. The molecule has 11 heteroatoms. The molecule has 0 fully saturated rings. The normalized spacial score (nSPS) is 15.0. The highest BCUT2D eigenvalue weighted by Crippen LogP contribution is 2.33. The van der Waals surface area contributed by atoms with Gasteiger partial charge in [-0.05, 0) is 31.5 Å². The quantitative estimate of drug-likeness (QED) is 0.579. The molecule has 2 aromatic heterocycles. The molecule has 0 radical (unpaired) electrons. The number of nitrogens with zero attached hydrogens (tertiary/aromatic N) is 5. The standard InChI is InChI=1S/C19H20FN7O3/c1-19(2)18-23-14(16(29)21-9-11-3-5-12(20)6-4-11)15(28)17(30)26(18)7-8-27(19)13-10-22-25-24-13/h3-6,10,28H,7-9H2,1-2H3,(H,21,29)(H,22,24,25). The molecule has 1 aliphatic rings. The third kappa shape index (κ3) is 3.27. The van der Waals surface area contributed by atoms with Gasteiger partial charge in [0.15, 0.2) is 11.5 Å². The van der Waals surface area contributed by atoms with Crippen LogP contribution < -0.4 is 15.8 Å². The van der Waals surface area contributed by atoms with Gasteiger partial charge in [-0.25, -0.2) is 9.37 Å². The van der Waals surface area contributed by atoms with E-state index in [1.165, 1.54) is 28.8 Å². The second-order valence-corrected chi connectivity index (χ2v) is 7.44. The number of fused-ring (bicyclic) bond motifs is 1. The predicted molar refractivity (Wildman–Crippen MR) is 104 cm³/mol. The molecular formula is C19H20FN7O3. The van der Waals surface area contributed by atoms with Crippen LogP contribution in [-0.2, 0) is 18.6 Å². The lowest BCUT2D eigenvalue weighted by Crippen LogP contribution is -2.53. The summed E-state index contributed by atoms with van der Waals surface area (Å²) in [6.45, 7) is 4.49. The van der Waals surface area contributed by atoms with Gasteiger partial charge >= 0.3 is 0 Å². The van der Waals surface area contributed by atoms with Gasteiger partial charge < -0.3 is 15.3 Å². The van der Waals surface area contributed by atoms with Crippen LogP contribution in [0.15, 0.2) is 35.3 Å². The maximum Gasteiger partial charge on any atom is 0.296 e. The van der Waals surface area contributed by atoms with Crippen LogP contribution in [0.3, 0.4) is 0 Å². The molecule has 3 N–H and O–H groups in total. The second kappa shape index (κ2) is 7.25. The SMILES string of the molecule is CC1(C)c2nc(C(=O)NCc3ccc(F)cc3)c(O)c(=O)n2CCN1c1cn[nH]n1. The Kier molecular flexibility index (Phi) is 4.72. The summed E-state index contributed by atoms with van der Waals surface area (Å²) in [6.07, 6.45) is 1.56. The summed E-state index contributed by atoms with van der Waals surface area (Å²) < 4.78 is 14.4. The van der Waals surface area contributed by atoms with Gasteiger partial charge in [0.1, 0.15) is 11.6 Å². The molecule has 0 unspecified atom stereocenters. The minimum absolute atomic E-state index is 0.0904. The second-order valence-electron chi connectivity index (χ2n) is 7.44. The van der Waals surface area contributed by atoms with E-state index in [2.05, 4.69) is 25.7 Å². The van der Waals surface area contributed by atoms with Crippen molar-refractivity contribution in [1.82, 2.24) is 30.3 Å². The van der Waals surface area contributed by atoms with Crippen LogP contribution in [0, 0.1) is 5.82 Å². The zero-order valence-corrected chi connectivity index (χ0v) is 16.4. The van der Waals surface area contributed by atoms with Gasteiger partial charge in [0.25, 0.3) is 11.5 Å². The van der Waals surface area contributed by atoms with Crippen molar-refractivity contribution < 1.29 is 14.3 Å². The molecular weight excluding hydrogens is 393 g/mol. The van der Waals surface area contributed by atoms with Crippen LogP contribution in [0.4, 0.5) is 10.2 Å². The van der Waals surface area contributed by atoms with E-state index in [1.54, 1.807) is 6.20 Å². The van der Waals surface area contributed by atoms with E-state index in [9.17, 15) is 19.1 Å². The number of aromatic nitrogens is 5. The molecule has 30 heavy (non-hydrogen) atoms. The first-order valence-corrected chi connectivity index (χ1v) is 9.29. The summed E-state index contributed by atoms with van der Waals surface area (Å²) in [5.74, 6) is -0.888. The van der Waals surface area contributed by atoms with Gasteiger partial charge in [-0.15, -0.1) is 5.10 Å². The summed E-state index contributed by atoms with van der Waals surface area (Å²) in [6, 6.07) is 5.63. The van der Waals surface area contributed by atoms with Gasteiger partial charge in [-0.3, -0.25) is 14.2 Å². The molecule has 3 aromatic rings. The highest BCUT2D eigenvalue weighted by Gasteiger charge is 2.40. The van der Waals surface area contributed by atoms with Gasteiger partial charge in [0.2, 0.25) is 5.75 Å². The zero-order chi connectivity index (χ0) is 21.5. The van der Waals surface area contributed by atoms with E-state index in [-0.39, 0.29) is 24.6 Å². The van der Waals surface area contributed by atoms with E-state index in [4.69, 9.17) is 0 Å². The Morgan fingerprint density at radius 1 is 1.30 bits per heavy atom. The highest BCUT2D eigenvalue weighted by atomic mass is 19.1. The summed E-state index contributed by atoms with van der Waals surface area (Å²) in [5.41, 5.74) is -1.17. The lowest BCUT2D eigenvalue weighted by Gasteiger charge is -2.43. The number of carbonyl (C=O) groups excluding carboxylic acids is 1. The fourth-order valence-electron chi connectivity index (χ4n) is 3.57. The van der Waals surface area contributed by atoms with E-state index in [0.717, 1.165) is 0 Å². The minimum Gasteiger partial charge on any atom is -0.501 e. The fraction of sp³-hybridized carbons (Fsp3) is 0.316. The van der Waals surface area contributed by atoms with Gasteiger partial charge in [-0.1, -0.05) is 12.1 Å². The van der Waals surface area contributed by atoms with Crippen molar-refractivity contribution in [2.75, 3.05) is 11.4 Å². The zero-order valence-electron chi connectivity index (χ0n) is 16.4. The van der Waals surface area contributed by atoms with Crippen molar-refractivity contribution in [3.8, 4) is 5.75 Å². The molecule has 0 aliphatic carbocycles. The van der Waals surface area contributed by atoms with Gasteiger partial charge in [0.05, 0.1) is 11.7 Å². The fourth-order valence-corrected chi connectivity index (χ4v) is 3.57. The van der Waals surface area contributed by atoms with Gasteiger partial charge in [-0.2, -0.15) is 10.3 Å². The van der Waals surface area contributed by atoms with Gasteiger partial charge in [0, 0.05) is 19.6 Å². The van der Waals surface area contributed by atoms with Crippen molar-refractivity contribution in [3.63, 3.8) is 0 Å². The molecule has 156 valence electrons. The number of aromatic hydroxyl groups is 1. The Balaban J connectivity index is 1.66. The number of rotatable bonds is 4. The van der Waals surface area contributed by atoms with Crippen LogP contribution in [-0.4, -0.2) is 42.5 Å². The Hall–Kier alpha value is -3.76. The van der Waals surface area contributed by atoms with Crippen LogP contribution in [0.25, 0.3) is 0 Å². The number of H-pyrrole nitrogens is 1. The monoisotopic (exact) mass is 413 g/mol. The molecule has 10 nitrogen and oxygen atoms in total. The van der Waals surface area contributed by atoms with Crippen molar-refractivity contribution in [1.29, 1.82) is 0 Å². The first-order chi connectivity index (χ1) is 14.3. The number of halogens is 1. The average Bonchev–Trinajstić information content (AvgIpc) is 3.24. The highest BCUT2D eigenvalue weighted by molar-refractivity contribution is 5.94. The van der Waals surface area contributed by atoms with Crippen molar-refractivity contribution in [2.24, 2.45) is 0 Å². The smallest absolute Gasteiger partial charge is 0.296 e. The molecule has 4 rings (SSSR count). The summed E-state index contributed by atoms with van der Waals surface area (Å²) in [5, 5.41) is 23.4. The summed E-state index contributed by atoms with van der Waals surface area (Å²) in [7, 11) is 0. The van der Waals surface area contributed by atoms with Crippen molar-refractivity contribution >= 4 is 11.7 Å². The third-order valence-corrected chi connectivity index (χ3v) is 5.17. The number of nitrogens with one attached hydrogen (secondary N) is 2. The lowest BCUT2D eigenvalue weighted by molar-refractivity contribution is 0.0941. The Bertz CT molecular complexity index is 1140. The number of aromatic amines is 1. The van der Waals surface area contributed by atoms with E-state index >= 15 is 0 Å². The molecule has 0 saturated carbocycles. The Morgan fingerprint density at radius 3 is 2.70 bits per heavy atom. The Labute approximate surface area is 170 Å². The molecule has 1 aliphatic heterocycles. The third-order valence-electron chi connectivity index (χ3n) is 5.17. The van der Waals surface area contributed by atoms with Crippen LogP contribution in [0.5, 0.6) is 5.75 Å². The Morgan fingerprint density at radius 2 is 2.03 bits per heavy atom. The predicted octanol–water partition coefficient (Wildman–Crippen LogP) is 0.891. The molecule has 3 heterocycles. The number of amides is 1. The summed E-state index contributed by atoms with van der Waals surface area (Å²) >= 11 is 0. The first-order valence-electron chi connectivity index (χ1n) is 9.29. The largest absolute Gasteiger partial charge is 0.501 e. The number of carbonyl (C=O) groups is 1. The maximum absolute atomic E-state index is 13.0. The van der Waals surface area contributed by atoms with E-state index in [0.29, 0.717) is 23.8 Å². The average molecular weight is 413 g/mol. The molecule has 0 spiro atoms. The van der Waals surface area contributed by atoms with E-state index in [1.807, 2.05) is 18.7 Å². The minimum atomic E-state index is -0.798. The number of benzene rings is 1. The number of anilines is 1. The summed E-state index contributed by atoms with van der Waals surface area (Å²) in [4.78, 5) is 31.7. The first kappa shape index (κ1) is 19.6. The molecule has 0 atom stereocenters. The number of hydrogen-bond acceptors (Lipinski definition) is 7. The lowest BCUT2D eigenvalue weighted by atomic mass is 9.98. The van der Waals surface area contributed by atoms with Crippen molar-refractivity contribution in [2.45, 2.75) is 32.5 Å². The van der Waals surface area contributed by atoms with Crippen LogP contribution in [0.1, 0.15) is 35.7 Å². The maximum atomic E-state index is 13.0. The van der Waals surface area contributed by atoms with Crippen LogP contribution >= 0.6 is 0 Å². The van der Waals surface area contributed by atoms with Crippen LogP contribution in [0.2, 0.25) is 0 Å². The molecule has 0 bridgehead atoms. The topological polar surface area (TPSA) is 129 Å². The van der Waals surface area contributed by atoms with E-state index < -0.39 is 22.8 Å².